The van der Waals surface area contributed by atoms with Crippen molar-refractivity contribution >= 4 is 0 Å². The van der Waals surface area contributed by atoms with Crippen LogP contribution in [0.5, 0.6) is 0 Å². The van der Waals surface area contributed by atoms with E-state index in [9.17, 15) is 86.3 Å². The summed E-state index contributed by atoms with van der Waals surface area (Å²) in [5.41, 5.74) is -6.98. The molecule has 16 bridgehead atoms. The number of halogens is 16. The summed E-state index contributed by atoms with van der Waals surface area (Å²) < 4.78 is 210. The van der Waals surface area contributed by atoms with Crippen molar-refractivity contribution in [2.24, 2.45) is 140 Å². The quantitative estimate of drug-likeness (QED) is 0.126. The van der Waals surface area contributed by atoms with Crippen molar-refractivity contribution in [3.8, 4) is 0 Å². The molecule has 25 atom stereocenters. The van der Waals surface area contributed by atoms with Gasteiger partial charge in [0.1, 0.15) is 0 Å². The van der Waals surface area contributed by atoms with Crippen LogP contribution >= 0.6 is 0 Å². The van der Waals surface area contributed by atoms with Crippen molar-refractivity contribution in [1.29, 1.82) is 0 Å². The Bertz CT molecular complexity index is 2470. The van der Waals surface area contributed by atoms with Crippen molar-refractivity contribution in [3.63, 3.8) is 0 Å². The number of alkyl halides is 16. The molecule has 0 spiro atoms. The first-order valence-corrected chi connectivity index (χ1v) is 34.1. The topological polar surface area (TPSA) is 80.9 Å². The van der Waals surface area contributed by atoms with Crippen molar-refractivity contribution in [2.75, 3.05) is 0 Å². The van der Waals surface area contributed by atoms with E-state index in [1.165, 1.54) is 38.5 Å². The summed E-state index contributed by atoms with van der Waals surface area (Å²) in [7, 11) is 0. The Hall–Kier alpha value is -15.3. The van der Waals surface area contributed by atoms with Gasteiger partial charge in [0.2, 0.25) is 0 Å². The summed E-state index contributed by atoms with van der Waals surface area (Å²) in [5.74, 6) is 8.17. The fourth-order valence-electron chi connectivity index (χ4n) is 25.0. The molecule has 0 heterocycles. The van der Waals surface area contributed by atoms with Crippen LogP contribution in [-0.2, 0) is 0 Å². The SMILES string of the molecule is CC.CC.CC.CC.CC12C[C-](C([C-](O)C(F)(F)F)C1)C1C3CCC(C3)C12.CC12C[C-](C3C4CCC(C4)C31)C(F)([C-](O)C(F)(F)F)C2.CC12C[C-](C3C4CCC(C4)C31)C([C-](O)C(F)(F)F)(C(F)(F)F)C2.O[C-](CC1CC2[CH-]C1C1C3CCC(C3)C21)C(F)(F)F.[Rf].[Rf].[Rf].[Rf].[Rf].[Rf].[Rf].[Rf].[Rf].[Rf].[Rf].[Rf].[Rf].[Rf]. The van der Waals surface area contributed by atoms with Crippen LogP contribution in [0.15, 0.2) is 0 Å². The van der Waals surface area contributed by atoms with Gasteiger partial charge in [0.15, 0.2) is 0 Å². The van der Waals surface area contributed by atoms with Gasteiger partial charge in [0.05, 0.1) is 0 Å². The van der Waals surface area contributed by atoms with Crippen LogP contribution in [0, 0.1) is 189 Å². The first-order chi connectivity index (χ1) is 41.3. The Morgan fingerprint density at radius 1 is 0.408 bits per heavy atom. The van der Waals surface area contributed by atoms with E-state index in [2.05, 4.69) is 13.3 Å². The molecule has 4 nitrogen and oxygen atoms in total. The third-order valence-corrected chi connectivity index (χ3v) is 26.5. The smallest absolute Gasteiger partial charge is 0.345 e. The van der Waals surface area contributed by atoms with Crippen LogP contribution < -0.4 is 0 Å². The normalized spacial score (nSPS) is 40.9. The molecule has 0 radical (unpaired) electrons. The van der Waals surface area contributed by atoms with Crippen molar-refractivity contribution in [2.45, 2.75) is 241 Å². The maximum absolute atomic E-state index is 15.1. The average molecular weight is 5030 g/mol. The minimum absolute atomic E-state index is 0. The van der Waals surface area contributed by atoms with E-state index in [0.29, 0.717) is 77.9 Å². The third-order valence-electron chi connectivity index (χ3n) is 26.5. The molecule has 16 aliphatic carbocycles. The van der Waals surface area contributed by atoms with E-state index < -0.39 is 95.5 Å². The second kappa shape index (κ2) is 29.6. The van der Waals surface area contributed by atoms with Crippen LogP contribution in [0.2, 0.25) is 0 Å². The molecule has 103 heavy (non-hydrogen) atoms. The van der Waals surface area contributed by atoms with Crippen LogP contribution in [0.4, 0.5) is 70.2 Å². The van der Waals surface area contributed by atoms with Gasteiger partial charge in [-0.2, -0.15) is 67.4 Å². The molecule has 4 N–H and O–H groups in total. The predicted molar refractivity (Wildman–Crippen MR) is 303 cm³/mol. The number of hydrogen-bond acceptors (Lipinski definition) is 4. The molecule has 25 unspecified atom stereocenters. The fourth-order valence-corrected chi connectivity index (χ4v) is 25.0. The first kappa shape index (κ1) is 98.8. The third kappa shape index (κ3) is 12.9. The number of fused-ring (bicyclic) bond motifs is 36. The van der Waals surface area contributed by atoms with Gasteiger partial charge in [0, 0.05) is 0 Å². The summed E-state index contributed by atoms with van der Waals surface area (Å²) in [6, 6.07) is 0. The molecule has 0 aromatic heterocycles. The van der Waals surface area contributed by atoms with E-state index >= 15 is 4.39 Å². The van der Waals surface area contributed by atoms with Gasteiger partial charge < -0.3 is 49.0 Å². The molecule has 0 aromatic rings. The molecule has 0 aliphatic heterocycles. The maximum atomic E-state index is 15.1. The zero-order valence-corrected chi connectivity index (χ0v) is 153. The largest absolute Gasteiger partial charge is 0.557 e. The number of aliphatic hydroxyl groups excluding tert-OH is 4. The molecule has 16 saturated carbocycles. The van der Waals surface area contributed by atoms with Crippen LogP contribution in [0.3, 0.4) is 0 Å². The molecule has 0 amide bonds. The van der Waals surface area contributed by atoms with E-state index in [-0.39, 0.29) is 54.3 Å². The molecule has 16 rings (SSSR count). The second-order valence-corrected chi connectivity index (χ2v) is 30.2. The van der Waals surface area contributed by atoms with Crippen molar-refractivity contribution < 1.29 is 90.7 Å². The summed E-state index contributed by atoms with van der Waals surface area (Å²) in [5, 5.41) is 37.9. The molecule has 546 valence electrons. The van der Waals surface area contributed by atoms with Gasteiger partial charge in [-0.25, -0.2) is 52.7 Å². The Morgan fingerprint density at radius 3 is 1.17 bits per heavy atom. The fraction of sp³-hybridized carbons (Fsp3) is 0.884. The van der Waals surface area contributed by atoms with Gasteiger partial charge in [0.25, 0.3) is 24.7 Å². The van der Waals surface area contributed by atoms with Gasteiger partial charge in [-0.15, -0.1) is 24.3 Å². The Morgan fingerprint density at radius 2 is 0.767 bits per heavy atom. The predicted octanol–water partition coefficient (Wildman–Crippen LogP) is 21.5. The molecular weight excluding hydrogens is 4930 g/mol. The average Bonchev–Trinajstić information content (AvgIpc) is 1.52. The standard InChI is InChI=1S/C16H18F6O.C15H18F4O.2C15H19F3O.4C2H6.14Rf/c1-13-5-9(10-7-2-3-8(4-7)11(10)13)14(6-13,16(20,21)22)12(23)15(17,18)19;1-13-5-9(10-7-2-3-8(4-7)11(10)13)14(16,6-13)12(20)15(17,18)19;1-14-5-9(10(6-14)13(19)15(16,17)18)11-7-2-3-8(4-7)12(11)14;16-15(17,18)12(19)6-9-4-10-5-11(9)14-8-2-1-7(3-8)13(10)14;4*1-2;;;;;;;;;;;;;;/h7-8,10-11,23H,2-6H2,1H3;7-8,10-11,20H,2-6H2,1H3;7-8,10-12,19H,2-6H2,1H3;5,7-11,13-14,19H,1-4,6H2;4*1-2H3;;;;;;;;;;;;;;/q4*-2;;;;;;;;;;;;;;;;;;. The Balaban J connectivity index is -0.000000283. The van der Waals surface area contributed by atoms with Crippen LogP contribution in [0.1, 0.15) is 205 Å². The number of aliphatic hydroxyl groups is 4. The molecule has 0 aromatic carbocycles. The molecule has 34 heteroatoms. The van der Waals surface area contributed by atoms with Gasteiger partial charge in [-0.1, -0.05) is 222 Å². The van der Waals surface area contributed by atoms with Crippen LogP contribution in [-0.4, -0.2) is 57.0 Å². The van der Waals surface area contributed by atoms with E-state index in [1.54, 1.807) is 6.92 Å². The van der Waals surface area contributed by atoms with Crippen LogP contribution in [0.25, 0.3) is 0 Å². The summed E-state index contributed by atoms with van der Waals surface area (Å²) in [4.78, 5) is 0. The molecule has 16 fully saturated rings. The first-order valence-electron chi connectivity index (χ1n) is 34.1. The van der Waals surface area contributed by atoms with E-state index in [0.717, 1.165) is 81.0 Å². The monoisotopic (exact) mass is 5030 g/mol. The second-order valence-electron chi connectivity index (χ2n) is 30.2. The summed E-state index contributed by atoms with van der Waals surface area (Å²) in [6.45, 7) is 21.8. The summed E-state index contributed by atoms with van der Waals surface area (Å²) >= 11 is 0. The Kier molecular flexibility index (Phi) is 28.4. The van der Waals surface area contributed by atoms with E-state index in [4.69, 9.17) is 0 Å². The molecule has 0 saturated heterocycles. The maximum Gasteiger partial charge on any atom is 0.345 e. The van der Waals surface area contributed by atoms with Gasteiger partial charge in [-0.05, 0) is 68.1 Å². The van der Waals surface area contributed by atoms with Crippen molar-refractivity contribution in [3.05, 3.63) is 48.6 Å². The number of rotatable bonds is 5. The van der Waals surface area contributed by atoms with Gasteiger partial charge >= 0.3 is 6.18 Å². The minimum atomic E-state index is -5.35. The van der Waals surface area contributed by atoms with Gasteiger partial charge in [-0.3, -0.25) is 5.92 Å². The Labute approximate surface area is 518 Å². The minimum Gasteiger partial charge on any atom is -0.557 e. The molecular formula is C69H98F16O4Rf14-8. The molecule has 16 aliphatic rings. The number of hydrogen-bond donors (Lipinski definition) is 4. The zero-order chi connectivity index (χ0) is 66.4. The summed E-state index contributed by atoms with van der Waals surface area (Å²) in [6.07, 6.45) is -13.8. The van der Waals surface area contributed by atoms with Crippen molar-refractivity contribution in [1.82, 2.24) is 0 Å². The van der Waals surface area contributed by atoms with E-state index in [1.807, 2.05) is 62.3 Å². The zero-order valence-electron chi connectivity index (χ0n) is 63.5.